The maximum absolute atomic E-state index is 12.9. The van der Waals surface area contributed by atoms with Crippen LogP contribution in [0.15, 0.2) is 35.1 Å². The van der Waals surface area contributed by atoms with Crippen molar-refractivity contribution in [3.05, 3.63) is 46.4 Å². The van der Waals surface area contributed by atoms with Gasteiger partial charge in [-0.25, -0.2) is 4.79 Å². The van der Waals surface area contributed by atoms with Gasteiger partial charge in [0, 0.05) is 18.7 Å². The van der Waals surface area contributed by atoms with E-state index in [-0.39, 0.29) is 17.0 Å². The normalized spacial score (nSPS) is 24.4. The lowest BCUT2D eigenvalue weighted by atomic mass is 9.71. The van der Waals surface area contributed by atoms with E-state index in [1.807, 2.05) is 4.90 Å². The molecule has 0 unspecified atom stereocenters. The molecular formula is C18H21N3O2. The topological polar surface area (TPSA) is 69.0 Å². The minimum Gasteiger partial charge on any atom is -0.338 e. The highest BCUT2D eigenvalue weighted by atomic mass is 16.2. The summed E-state index contributed by atoms with van der Waals surface area (Å²) in [5.41, 5.74) is 2.11. The molecule has 0 bridgehead atoms. The standard InChI is InChI=1S/C18H21N3O2/c22-16(13-5-6-14-15(11-13)20-17(23)19-14)21-10-4-9-18(12-21)7-2-1-3-8-18/h1-2,5-6,11H,3-4,7-10,12H2,(H2,19,20,23)/t18-/m0/s1. The first-order chi connectivity index (χ1) is 11.2. The minimum absolute atomic E-state index is 0.0718. The predicted octanol–water partition coefficient (Wildman–Crippen LogP) is 2.82. The van der Waals surface area contributed by atoms with Crippen LogP contribution in [0.5, 0.6) is 0 Å². The van der Waals surface area contributed by atoms with Gasteiger partial charge in [-0.3, -0.25) is 4.79 Å². The molecular weight excluding hydrogens is 290 g/mol. The molecule has 1 aromatic carbocycles. The van der Waals surface area contributed by atoms with Crippen molar-refractivity contribution in [2.75, 3.05) is 13.1 Å². The van der Waals surface area contributed by atoms with E-state index in [0.29, 0.717) is 11.1 Å². The van der Waals surface area contributed by atoms with Crippen molar-refractivity contribution in [2.24, 2.45) is 5.41 Å². The molecule has 0 saturated carbocycles. The van der Waals surface area contributed by atoms with Gasteiger partial charge in [0.25, 0.3) is 5.91 Å². The number of carbonyl (C=O) groups is 1. The third kappa shape index (κ3) is 2.60. The number of carbonyl (C=O) groups excluding carboxylic acids is 1. The van der Waals surface area contributed by atoms with Crippen LogP contribution in [0.4, 0.5) is 0 Å². The summed E-state index contributed by atoms with van der Waals surface area (Å²) in [6, 6.07) is 5.37. The van der Waals surface area contributed by atoms with Gasteiger partial charge in [0.05, 0.1) is 11.0 Å². The first-order valence-electron chi connectivity index (χ1n) is 8.32. The molecule has 120 valence electrons. The number of hydrogen-bond acceptors (Lipinski definition) is 2. The van der Waals surface area contributed by atoms with Crippen molar-refractivity contribution < 1.29 is 4.79 Å². The van der Waals surface area contributed by atoms with Crippen molar-refractivity contribution in [1.82, 2.24) is 14.9 Å². The average molecular weight is 311 g/mol. The van der Waals surface area contributed by atoms with E-state index in [2.05, 4.69) is 22.1 Å². The molecule has 0 radical (unpaired) electrons. The summed E-state index contributed by atoms with van der Waals surface area (Å²) >= 11 is 0. The van der Waals surface area contributed by atoms with E-state index in [1.54, 1.807) is 18.2 Å². The summed E-state index contributed by atoms with van der Waals surface area (Å²) in [7, 11) is 0. The summed E-state index contributed by atoms with van der Waals surface area (Å²) in [6.07, 6.45) is 10.2. The van der Waals surface area contributed by atoms with Gasteiger partial charge in [0.15, 0.2) is 0 Å². The molecule has 1 atom stereocenters. The lowest BCUT2D eigenvalue weighted by Crippen LogP contribution is -2.46. The van der Waals surface area contributed by atoms with Gasteiger partial charge < -0.3 is 14.9 Å². The number of hydrogen-bond donors (Lipinski definition) is 2. The Labute approximate surface area is 134 Å². The van der Waals surface area contributed by atoms with Gasteiger partial charge in [-0.15, -0.1) is 0 Å². The molecule has 1 aliphatic carbocycles. The maximum Gasteiger partial charge on any atom is 0.323 e. The lowest BCUT2D eigenvalue weighted by molar-refractivity contribution is 0.0484. The fourth-order valence-corrected chi connectivity index (χ4v) is 4.04. The molecule has 5 heteroatoms. The summed E-state index contributed by atoms with van der Waals surface area (Å²) in [6.45, 7) is 1.67. The fourth-order valence-electron chi connectivity index (χ4n) is 4.04. The van der Waals surface area contributed by atoms with Crippen LogP contribution in [-0.4, -0.2) is 33.9 Å². The van der Waals surface area contributed by atoms with Gasteiger partial charge >= 0.3 is 5.69 Å². The number of rotatable bonds is 1. The second kappa shape index (κ2) is 5.41. The van der Waals surface area contributed by atoms with Crippen LogP contribution in [0.3, 0.4) is 0 Å². The van der Waals surface area contributed by atoms with Crippen LogP contribution in [0.1, 0.15) is 42.5 Å². The molecule has 2 N–H and O–H groups in total. The van der Waals surface area contributed by atoms with Crippen LogP contribution >= 0.6 is 0 Å². The summed E-state index contributed by atoms with van der Waals surface area (Å²) in [5.74, 6) is 0.0718. The zero-order chi connectivity index (χ0) is 15.9. The Morgan fingerprint density at radius 2 is 2.00 bits per heavy atom. The molecule has 23 heavy (non-hydrogen) atoms. The molecule has 5 nitrogen and oxygen atoms in total. The quantitative estimate of drug-likeness (QED) is 0.795. The van der Waals surface area contributed by atoms with Crippen molar-refractivity contribution in [3.8, 4) is 0 Å². The Morgan fingerprint density at radius 3 is 2.83 bits per heavy atom. The Hall–Kier alpha value is -2.30. The van der Waals surface area contributed by atoms with Gasteiger partial charge in [-0.2, -0.15) is 0 Å². The second-order valence-electron chi connectivity index (χ2n) is 6.88. The molecule has 1 amide bonds. The van der Waals surface area contributed by atoms with Gasteiger partial charge in [0.2, 0.25) is 0 Å². The van der Waals surface area contributed by atoms with Crippen molar-refractivity contribution in [1.29, 1.82) is 0 Å². The highest BCUT2D eigenvalue weighted by Gasteiger charge is 2.36. The Balaban J connectivity index is 1.59. The summed E-state index contributed by atoms with van der Waals surface area (Å²) < 4.78 is 0. The molecule has 2 aliphatic rings. The van der Waals surface area contributed by atoms with Gasteiger partial charge in [-0.1, -0.05) is 12.2 Å². The van der Waals surface area contributed by atoms with E-state index in [0.717, 1.165) is 37.9 Å². The number of likely N-dealkylation sites (tertiary alicyclic amines) is 1. The highest BCUT2D eigenvalue weighted by molar-refractivity contribution is 5.97. The number of piperidine rings is 1. The number of nitrogens with zero attached hydrogens (tertiary/aromatic N) is 1. The number of H-pyrrole nitrogens is 2. The lowest BCUT2D eigenvalue weighted by Gasteiger charge is -2.44. The van der Waals surface area contributed by atoms with Crippen LogP contribution in [0.25, 0.3) is 11.0 Å². The van der Waals surface area contributed by atoms with Crippen molar-refractivity contribution >= 4 is 16.9 Å². The fraction of sp³-hybridized carbons (Fsp3) is 0.444. The third-order valence-corrected chi connectivity index (χ3v) is 5.27. The number of imidazole rings is 1. The highest BCUT2D eigenvalue weighted by Crippen LogP contribution is 2.41. The molecule has 1 aliphatic heterocycles. The number of amides is 1. The SMILES string of the molecule is O=C(c1ccc2[nH]c(=O)[nH]c2c1)N1CCC[C@@]2(CC=CCC2)C1. The van der Waals surface area contributed by atoms with Gasteiger partial charge in [0.1, 0.15) is 0 Å². The van der Waals surface area contributed by atoms with Crippen molar-refractivity contribution in [3.63, 3.8) is 0 Å². The van der Waals surface area contributed by atoms with Crippen LogP contribution in [0.2, 0.25) is 0 Å². The monoisotopic (exact) mass is 311 g/mol. The Bertz CT molecular complexity index is 832. The van der Waals surface area contributed by atoms with E-state index in [9.17, 15) is 9.59 Å². The molecule has 2 heterocycles. The Morgan fingerprint density at radius 1 is 1.13 bits per heavy atom. The number of aromatic nitrogens is 2. The Kier molecular flexibility index (Phi) is 3.36. The van der Waals surface area contributed by atoms with E-state index < -0.39 is 0 Å². The van der Waals surface area contributed by atoms with Crippen LogP contribution in [0, 0.1) is 5.41 Å². The number of nitrogens with one attached hydrogen (secondary N) is 2. The van der Waals surface area contributed by atoms with Crippen LogP contribution in [-0.2, 0) is 0 Å². The average Bonchev–Trinajstić information content (AvgIpc) is 2.94. The zero-order valence-corrected chi connectivity index (χ0v) is 13.1. The van der Waals surface area contributed by atoms with E-state index >= 15 is 0 Å². The largest absolute Gasteiger partial charge is 0.338 e. The number of aromatic amines is 2. The predicted molar refractivity (Wildman–Crippen MR) is 89.5 cm³/mol. The summed E-state index contributed by atoms with van der Waals surface area (Å²) in [5, 5.41) is 0. The zero-order valence-electron chi connectivity index (χ0n) is 13.1. The first kappa shape index (κ1) is 14.3. The molecule has 1 aromatic heterocycles. The van der Waals surface area contributed by atoms with E-state index in [4.69, 9.17) is 0 Å². The molecule has 1 spiro atoms. The minimum atomic E-state index is -0.240. The van der Waals surface area contributed by atoms with Crippen LogP contribution < -0.4 is 5.69 Å². The third-order valence-electron chi connectivity index (χ3n) is 5.27. The molecule has 1 saturated heterocycles. The molecule has 2 aromatic rings. The number of fused-ring (bicyclic) bond motifs is 1. The van der Waals surface area contributed by atoms with E-state index in [1.165, 1.54) is 12.8 Å². The number of allylic oxidation sites excluding steroid dienone is 2. The van der Waals surface area contributed by atoms with Gasteiger partial charge in [-0.05, 0) is 55.7 Å². The molecule has 4 rings (SSSR count). The number of benzene rings is 1. The molecule has 1 fully saturated rings. The second-order valence-corrected chi connectivity index (χ2v) is 6.88. The smallest absolute Gasteiger partial charge is 0.323 e. The first-order valence-corrected chi connectivity index (χ1v) is 8.32. The summed E-state index contributed by atoms with van der Waals surface area (Å²) in [4.78, 5) is 31.7. The maximum atomic E-state index is 12.9. The van der Waals surface area contributed by atoms with Crippen molar-refractivity contribution in [2.45, 2.75) is 32.1 Å².